The molecule has 0 aliphatic rings. The van der Waals surface area contributed by atoms with Gasteiger partial charge in [0.25, 0.3) is 0 Å². The van der Waals surface area contributed by atoms with Gasteiger partial charge in [-0.05, 0) is 19.3 Å². The smallest absolute Gasteiger partial charge is 0.0189 e. The van der Waals surface area contributed by atoms with Crippen LogP contribution in [0.25, 0.3) is 0 Å². The molecule has 0 radical (unpaired) electrons. The highest BCUT2D eigenvalue weighted by Gasteiger charge is 2.06. The summed E-state index contributed by atoms with van der Waals surface area (Å²) in [7, 11) is 0. The Balaban J connectivity index is 3.08. The van der Waals surface area contributed by atoms with Crippen molar-refractivity contribution in [1.82, 2.24) is 0 Å². The third kappa shape index (κ3) is 12.4. The summed E-state index contributed by atoms with van der Waals surface area (Å²) in [5.74, 6) is 0.874. The molecule has 0 aromatic heterocycles. The van der Waals surface area contributed by atoms with Gasteiger partial charge in [-0.2, -0.15) is 0 Å². The Labute approximate surface area is 115 Å². The van der Waals surface area contributed by atoms with E-state index in [1.54, 1.807) is 0 Å². The monoisotopic (exact) mass is 256 g/mol. The van der Waals surface area contributed by atoms with Crippen LogP contribution in [0.1, 0.15) is 85.0 Å². The Kier molecular flexibility index (Phi) is 11.9. The molecular formula is C16H36N2. The van der Waals surface area contributed by atoms with Gasteiger partial charge in [0.05, 0.1) is 0 Å². The van der Waals surface area contributed by atoms with Gasteiger partial charge in [0.1, 0.15) is 0 Å². The van der Waals surface area contributed by atoms with Crippen molar-refractivity contribution >= 4 is 0 Å². The summed E-state index contributed by atoms with van der Waals surface area (Å²) in [6.07, 6.45) is 13.5. The van der Waals surface area contributed by atoms with E-state index >= 15 is 0 Å². The van der Waals surface area contributed by atoms with Crippen LogP contribution in [0.3, 0.4) is 0 Å². The average Bonchev–Trinajstić information content (AvgIpc) is 2.30. The molecule has 0 bridgehead atoms. The lowest BCUT2D eigenvalue weighted by molar-refractivity contribution is 0.477. The fraction of sp³-hybridized carbons (Fsp3) is 1.00. The zero-order chi connectivity index (χ0) is 13.8. The fourth-order valence-corrected chi connectivity index (χ4v) is 2.26. The van der Waals surface area contributed by atoms with E-state index in [1.165, 1.54) is 57.8 Å². The van der Waals surface area contributed by atoms with Crippen LogP contribution in [0.4, 0.5) is 0 Å². The van der Waals surface area contributed by atoms with Gasteiger partial charge < -0.3 is 11.5 Å². The number of hydrogen-bond acceptors (Lipinski definition) is 2. The molecule has 2 heteroatoms. The molecule has 2 atom stereocenters. The number of nitrogens with two attached hydrogens (primary N) is 2. The number of unbranched alkanes of at least 4 members (excludes halogenated alkanes) is 7. The van der Waals surface area contributed by atoms with Crippen molar-refractivity contribution in [2.45, 2.75) is 97.1 Å². The molecule has 0 amide bonds. The third-order valence-electron chi connectivity index (χ3n) is 3.74. The van der Waals surface area contributed by atoms with E-state index < -0.39 is 0 Å². The second-order valence-electron chi connectivity index (χ2n) is 6.32. The van der Waals surface area contributed by atoms with Gasteiger partial charge >= 0.3 is 0 Å². The fourth-order valence-electron chi connectivity index (χ4n) is 2.26. The summed E-state index contributed by atoms with van der Waals surface area (Å²) in [4.78, 5) is 0. The van der Waals surface area contributed by atoms with Gasteiger partial charge in [-0.25, -0.2) is 0 Å². The Bertz CT molecular complexity index is 166. The Morgan fingerprint density at radius 3 is 1.39 bits per heavy atom. The lowest BCUT2D eigenvalue weighted by atomic mass is 10.0. The summed E-state index contributed by atoms with van der Waals surface area (Å²) in [6.45, 7) is 6.63. The topological polar surface area (TPSA) is 52.0 Å². The summed E-state index contributed by atoms with van der Waals surface area (Å²) >= 11 is 0. The van der Waals surface area contributed by atoms with Crippen LogP contribution in [-0.2, 0) is 0 Å². The first-order chi connectivity index (χ1) is 8.54. The highest BCUT2D eigenvalue weighted by molar-refractivity contribution is 4.70. The molecule has 0 heterocycles. The first-order valence-electron chi connectivity index (χ1n) is 8.05. The molecule has 2 unspecified atom stereocenters. The largest absolute Gasteiger partial charge is 0.327 e. The summed E-state index contributed by atoms with van der Waals surface area (Å²) < 4.78 is 0. The average molecular weight is 256 g/mol. The van der Waals surface area contributed by atoms with E-state index in [4.69, 9.17) is 11.5 Å². The lowest BCUT2D eigenvalue weighted by Gasteiger charge is -2.14. The molecule has 0 aliphatic carbocycles. The van der Waals surface area contributed by atoms with E-state index in [0.29, 0.717) is 0 Å². The normalized spacial score (nSPS) is 15.0. The van der Waals surface area contributed by atoms with Crippen LogP contribution >= 0.6 is 0 Å². The molecule has 0 aromatic carbocycles. The highest BCUT2D eigenvalue weighted by atomic mass is 14.8. The van der Waals surface area contributed by atoms with Crippen LogP contribution in [0, 0.1) is 5.92 Å². The van der Waals surface area contributed by atoms with Crippen molar-refractivity contribution in [3.8, 4) is 0 Å². The maximum atomic E-state index is 5.91. The van der Waals surface area contributed by atoms with Crippen LogP contribution < -0.4 is 11.5 Å². The molecule has 0 spiro atoms. The lowest BCUT2D eigenvalue weighted by Crippen LogP contribution is -2.38. The third-order valence-corrected chi connectivity index (χ3v) is 3.74. The Hall–Kier alpha value is -0.0800. The van der Waals surface area contributed by atoms with Gasteiger partial charge in [-0.3, -0.25) is 0 Å². The molecule has 0 saturated heterocycles. The van der Waals surface area contributed by atoms with Crippen molar-refractivity contribution in [3.05, 3.63) is 0 Å². The van der Waals surface area contributed by atoms with Crippen LogP contribution in [0.5, 0.6) is 0 Å². The molecule has 0 rings (SSSR count). The zero-order valence-electron chi connectivity index (χ0n) is 13.0. The second kappa shape index (κ2) is 12.0. The number of hydrogen-bond donors (Lipinski definition) is 2. The minimum Gasteiger partial charge on any atom is -0.327 e. The van der Waals surface area contributed by atoms with E-state index in [-0.39, 0.29) is 12.1 Å². The van der Waals surface area contributed by atoms with Gasteiger partial charge in [-0.15, -0.1) is 0 Å². The minimum absolute atomic E-state index is 0.144. The number of rotatable bonds is 12. The van der Waals surface area contributed by atoms with Gasteiger partial charge in [0.2, 0.25) is 0 Å². The molecule has 2 nitrogen and oxygen atoms in total. The summed E-state index contributed by atoms with van der Waals surface area (Å²) in [5, 5.41) is 0. The molecule has 0 aliphatic heterocycles. The first-order valence-corrected chi connectivity index (χ1v) is 8.05. The molecule has 4 N–H and O–H groups in total. The maximum Gasteiger partial charge on any atom is 0.0189 e. The Morgan fingerprint density at radius 1 is 0.611 bits per heavy atom. The van der Waals surface area contributed by atoms with Crippen molar-refractivity contribution in [3.63, 3.8) is 0 Å². The first kappa shape index (κ1) is 17.9. The van der Waals surface area contributed by atoms with Crippen molar-refractivity contribution < 1.29 is 0 Å². The standard InChI is InChI=1S/C16H36N2/c1-14(2)12-10-8-6-4-5-7-9-11-13-16(18)15(3)17/h14-16H,4-13,17-18H2,1-3H3. The van der Waals surface area contributed by atoms with E-state index in [0.717, 1.165) is 12.3 Å². The predicted octanol–water partition coefficient (Wildman–Crippen LogP) is 4.22. The zero-order valence-corrected chi connectivity index (χ0v) is 13.0. The van der Waals surface area contributed by atoms with E-state index in [9.17, 15) is 0 Å². The molecule has 0 saturated carbocycles. The van der Waals surface area contributed by atoms with Crippen molar-refractivity contribution in [2.75, 3.05) is 0 Å². The summed E-state index contributed by atoms with van der Waals surface area (Å²) in [5.41, 5.74) is 11.7. The van der Waals surface area contributed by atoms with Gasteiger partial charge in [0, 0.05) is 12.1 Å². The molecule has 0 aromatic rings. The molecule has 18 heavy (non-hydrogen) atoms. The minimum atomic E-state index is 0.144. The highest BCUT2D eigenvalue weighted by Crippen LogP contribution is 2.13. The van der Waals surface area contributed by atoms with Crippen molar-refractivity contribution in [1.29, 1.82) is 0 Å². The van der Waals surface area contributed by atoms with Crippen LogP contribution in [-0.4, -0.2) is 12.1 Å². The quantitative estimate of drug-likeness (QED) is 0.514. The van der Waals surface area contributed by atoms with Crippen molar-refractivity contribution in [2.24, 2.45) is 17.4 Å². The Morgan fingerprint density at radius 2 is 1.00 bits per heavy atom. The summed E-state index contributed by atoms with van der Waals surface area (Å²) in [6, 6.07) is 0.340. The molecule has 110 valence electrons. The predicted molar refractivity (Wildman–Crippen MR) is 82.6 cm³/mol. The van der Waals surface area contributed by atoms with Gasteiger partial charge in [-0.1, -0.05) is 71.6 Å². The second-order valence-corrected chi connectivity index (χ2v) is 6.32. The molecule has 0 fully saturated rings. The van der Waals surface area contributed by atoms with Gasteiger partial charge in [0.15, 0.2) is 0 Å². The van der Waals surface area contributed by atoms with E-state index in [2.05, 4.69) is 13.8 Å². The van der Waals surface area contributed by atoms with Crippen LogP contribution in [0.2, 0.25) is 0 Å². The van der Waals surface area contributed by atoms with Crippen LogP contribution in [0.15, 0.2) is 0 Å². The maximum absolute atomic E-state index is 5.91. The SMILES string of the molecule is CC(C)CCCCCCCCCCC(N)C(C)N. The van der Waals surface area contributed by atoms with E-state index in [1.807, 2.05) is 6.92 Å². The molecular weight excluding hydrogens is 220 g/mol.